The van der Waals surface area contributed by atoms with Crippen molar-refractivity contribution in [3.8, 4) is 5.75 Å². The number of rotatable bonds is 4. The molecule has 0 spiro atoms. The van der Waals surface area contributed by atoms with Crippen LogP contribution in [0.5, 0.6) is 5.75 Å². The molecule has 0 unspecified atom stereocenters. The van der Waals surface area contributed by atoms with E-state index in [-0.39, 0.29) is 11.6 Å². The second kappa shape index (κ2) is 6.64. The molecule has 1 fully saturated rings. The molecule has 1 aliphatic carbocycles. The molecular formula is C15H19F2NO. The van der Waals surface area contributed by atoms with E-state index in [0.717, 1.165) is 32.1 Å². The molecule has 0 aliphatic heterocycles. The molecule has 4 heteroatoms. The summed E-state index contributed by atoms with van der Waals surface area (Å²) >= 11 is 0. The number of benzene rings is 1. The summed E-state index contributed by atoms with van der Waals surface area (Å²) in [5.41, 5.74) is 0.617. The van der Waals surface area contributed by atoms with Gasteiger partial charge < -0.3 is 4.74 Å². The molecule has 0 amide bonds. The number of alkyl halides is 2. The van der Waals surface area contributed by atoms with Crippen LogP contribution in [0.3, 0.4) is 0 Å². The van der Waals surface area contributed by atoms with E-state index in [0.29, 0.717) is 11.4 Å². The van der Waals surface area contributed by atoms with E-state index < -0.39 is 6.43 Å². The molecule has 0 atom stereocenters. The molecule has 19 heavy (non-hydrogen) atoms. The number of aliphatic imine (C=N–C) groups is 1. The van der Waals surface area contributed by atoms with Crippen molar-refractivity contribution in [2.45, 2.75) is 38.5 Å². The third-order valence-electron chi connectivity index (χ3n) is 3.58. The Labute approximate surface area is 112 Å². The molecule has 0 N–H and O–H groups in total. The Morgan fingerprint density at radius 2 is 1.79 bits per heavy atom. The molecule has 0 heterocycles. The van der Waals surface area contributed by atoms with Crippen molar-refractivity contribution in [2.75, 3.05) is 7.11 Å². The van der Waals surface area contributed by atoms with Gasteiger partial charge in [-0.1, -0.05) is 19.3 Å². The molecule has 1 saturated carbocycles. The average molecular weight is 267 g/mol. The Kier molecular flexibility index (Phi) is 4.88. The molecule has 0 saturated heterocycles. The predicted octanol–water partition coefficient (Wildman–Crippen LogP) is 4.61. The summed E-state index contributed by atoms with van der Waals surface area (Å²) in [6, 6.07) is 6.90. The Morgan fingerprint density at radius 1 is 1.16 bits per heavy atom. The average Bonchev–Trinajstić information content (AvgIpc) is 2.46. The summed E-state index contributed by atoms with van der Waals surface area (Å²) in [5.74, 6) is 0.645. The van der Waals surface area contributed by atoms with Crippen LogP contribution in [-0.4, -0.2) is 19.2 Å². The van der Waals surface area contributed by atoms with Gasteiger partial charge in [0.1, 0.15) is 5.75 Å². The Hall–Kier alpha value is -1.45. The maximum atomic E-state index is 13.2. The van der Waals surface area contributed by atoms with E-state index in [9.17, 15) is 8.78 Å². The lowest BCUT2D eigenvalue weighted by molar-refractivity contribution is 0.213. The monoisotopic (exact) mass is 267 g/mol. The van der Waals surface area contributed by atoms with Crippen LogP contribution in [0.2, 0.25) is 0 Å². The van der Waals surface area contributed by atoms with Gasteiger partial charge in [-0.15, -0.1) is 0 Å². The van der Waals surface area contributed by atoms with Crippen LogP contribution in [0.25, 0.3) is 0 Å². The number of halogens is 2. The quantitative estimate of drug-likeness (QED) is 0.730. The molecule has 2 nitrogen and oxygen atoms in total. The number of ether oxygens (including phenoxy) is 1. The number of hydrogen-bond acceptors (Lipinski definition) is 2. The van der Waals surface area contributed by atoms with Gasteiger partial charge in [0.25, 0.3) is 6.43 Å². The van der Waals surface area contributed by atoms with Gasteiger partial charge in [0, 0.05) is 5.92 Å². The predicted molar refractivity (Wildman–Crippen MR) is 72.7 cm³/mol. The minimum atomic E-state index is -2.47. The zero-order valence-electron chi connectivity index (χ0n) is 11.1. The molecule has 1 aromatic rings. The first-order chi connectivity index (χ1) is 9.20. The van der Waals surface area contributed by atoms with Crippen molar-refractivity contribution < 1.29 is 13.5 Å². The lowest BCUT2D eigenvalue weighted by Crippen LogP contribution is -2.24. The van der Waals surface area contributed by atoms with E-state index in [2.05, 4.69) is 4.99 Å². The highest BCUT2D eigenvalue weighted by atomic mass is 19.3. The molecule has 0 aromatic heterocycles. The van der Waals surface area contributed by atoms with Crippen LogP contribution in [0, 0.1) is 5.92 Å². The van der Waals surface area contributed by atoms with Crippen LogP contribution in [0.15, 0.2) is 29.3 Å². The van der Waals surface area contributed by atoms with E-state index in [1.165, 1.54) is 0 Å². The van der Waals surface area contributed by atoms with Gasteiger partial charge in [-0.2, -0.15) is 0 Å². The molecule has 104 valence electrons. The van der Waals surface area contributed by atoms with E-state index >= 15 is 0 Å². The zero-order chi connectivity index (χ0) is 13.7. The van der Waals surface area contributed by atoms with Crippen LogP contribution < -0.4 is 4.74 Å². The van der Waals surface area contributed by atoms with E-state index in [4.69, 9.17) is 4.74 Å². The first-order valence-electron chi connectivity index (χ1n) is 6.71. The molecule has 2 rings (SSSR count). The van der Waals surface area contributed by atoms with Gasteiger partial charge in [0.15, 0.2) is 0 Å². The van der Waals surface area contributed by atoms with Gasteiger partial charge >= 0.3 is 0 Å². The fraction of sp³-hybridized carbons (Fsp3) is 0.533. The highest BCUT2D eigenvalue weighted by Crippen LogP contribution is 2.29. The molecular weight excluding hydrogens is 248 g/mol. The van der Waals surface area contributed by atoms with Crippen molar-refractivity contribution >= 4 is 11.4 Å². The standard InChI is InChI=1S/C15H19F2NO/c1-19-13-9-7-12(8-10-13)18-14(15(16)17)11-5-3-2-4-6-11/h7-11,15H,2-6H2,1H3. The van der Waals surface area contributed by atoms with Gasteiger partial charge in [-0.05, 0) is 37.1 Å². The lowest BCUT2D eigenvalue weighted by atomic mass is 9.86. The van der Waals surface area contributed by atoms with Crippen LogP contribution in [0.4, 0.5) is 14.5 Å². The highest BCUT2D eigenvalue weighted by Gasteiger charge is 2.25. The summed E-state index contributed by atoms with van der Waals surface area (Å²) in [6.45, 7) is 0. The van der Waals surface area contributed by atoms with Crippen molar-refractivity contribution in [1.82, 2.24) is 0 Å². The summed E-state index contributed by atoms with van der Waals surface area (Å²) in [7, 11) is 1.57. The largest absolute Gasteiger partial charge is 0.497 e. The van der Waals surface area contributed by atoms with Crippen molar-refractivity contribution in [3.05, 3.63) is 24.3 Å². The molecule has 0 bridgehead atoms. The Morgan fingerprint density at radius 3 is 2.32 bits per heavy atom. The Bertz CT molecular complexity index is 422. The second-order valence-electron chi connectivity index (χ2n) is 4.87. The summed E-state index contributed by atoms with van der Waals surface area (Å²) in [6.07, 6.45) is 2.40. The third kappa shape index (κ3) is 3.75. The number of nitrogens with zero attached hydrogens (tertiary/aromatic N) is 1. The first-order valence-corrected chi connectivity index (χ1v) is 6.71. The van der Waals surface area contributed by atoms with Crippen LogP contribution in [0.1, 0.15) is 32.1 Å². The van der Waals surface area contributed by atoms with Crippen LogP contribution >= 0.6 is 0 Å². The smallest absolute Gasteiger partial charge is 0.276 e. The topological polar surface area (TPSA) is 21.6 Å². The molecule has 0 radical (unpaired) electrons. The van der Waals surface area contributed by atoms with E-state index in [1.807, 2.05) is 0 Å². The van der Waals surface area contributed by atoms with Gasteiger partial charge in [-0.25, -0.2) is 8.78 Å². The normalized spacial score (nSPS) is 17.8. The fourth-order valence-corrected chi connectivity index (χ4v) is 2.52. The maximum Gasteiger partial charge on any atom is 0.276 e. The second-order valence-corrected chi connectivity index (χ2v) is 4.87. The van der Waals surface area contributed by atoms with Crippen molar-refractivity contribution in [1.29, 1.82) is 0 Å². The first kappa shape index (κ1) is 14.0. The summed E-state index contributed by atoms with van der Waals surface area (Å²) in [4.78, 5) is 4.17. The van der Waals surface area contributed by atoms with Crippen molar-refractivity contribution in [2.24, 2.45) is 10.9 Å². The maximum absolute atomic E-state index is 13.2. The number of methoxy groups -OCH3 is 1. The number of hydrogen-bond donors (Lipinski definition) is 0. The third-order valence-corrected chi connectivity index (χ3v) is 3.58. The Balaban J connectivity index is 2.18. The summed E-state index contributed by atoms with van der Waals surface area (Å²) in [5, 5.41) is 0. The van der Waals surface area contributed by atoms with Gasteiger partial charge in [0.2, 0.25) is 0 Å². The zero-order valence-corrected chi connectivity index (χ0v) is 11.1. The fourth-order valence-electron chi connectivity index (χ4n) is 2.52. The van der Waals surface area contributed by atoms with Crippen LogP contribution in [-0.2, 0) is 0 Å². The van der Waals surface area contributed by atoms with Gasteiger partial charge in [0.05, 0.1) is 18.5 Å². The van der Waals surface area contributed by atoms with Gasteiger partial charge in [-0.3, -0.25) is 4.99 Å². The minimum absolute atomic E-state index is 0.0462. The lowest BCUT2D eigenvalue weighted by Gasteiger charge is -2.23. The highest BCUT2D eigenvalue weighted by molar-refractivity contribution is 5.91. The van der Waals surface area contributed by atoms with Crippen molar-refractivity contribution in [3.63, 3.8) is 0 Å². The van der Waals surface area contributed by atoms with E-state index in [1.54, 1.807) is 31.4 Å². The summed E-state index contributed by atoms with van der Waals surface area (Å²) < 4.78 is 31.4. The minimum Gasteiger partial charge on any atom is -0.497 e. The SMILES string of the molecule is COc1ccc(N=C(C(F)F)C2CCCCC2)cc1. The molecule has 1 aliphatic rings. The molecule has 1 aromatic carbocycles.